The molecular formula is C20H28N2O3. The molecule has 0 saturated carbocycles. The van der Waals surface area contributed by atoms with Crippen LogP contribution >= 0.6 is 0 Å². The van der Waals surface area contributed by atoms with E-state index in [2.05, 4.69) is 43.6 Å². The fraction of sp³-hybridized carbons (Fsp3) is 0.450. The third-order valence-electron chi connectivity index (χ3n) is 4.40. The molecule has 25 heavy (non-hydrogen) atoms. The van der Waals surface area contributed by atoms with Crippen LogP contribution in [0.5, 0.6) is 11.5 Å². The maximum atomic E-state index is 12.4. The van der Waals surface area contributed by atoms with Crippen LogP contribution in [0.1, 0.15) is 47.2 Å². The van der Waals surface area contributed by atoms with Crippen molar-refractivity contribution in [1.29, 1.82) is 0 Å². The first-order valence-electron chi connectivity index (χ1n) is 8.56. The number of carbonyl (C=O) groups is 1. The number of aromatic nitrogens is 1. The van der Waals surface area contributed by atoms with E-state index in [1.807, 2.05) is 0 Å². The van der Waals surface area contributed by atoms with Crippen molar-refractivity contribution in [1.82, 2.24) is 9.88 Å². The van der Waals surface area contributed by atoms with Gasteiger partial charge < -0.3 is 19.4 Å². The number of methoxy groups -OCH3 is 2. The smallest absolute Gasteiger partial charge is 0.251 e. The van der Waals surface area contributed by atoms with Crippen molar-refractivity contribution < 1.29 is 14.3 Å². The van der Waals surface area contributed by atoms with E-state index in [-0.39, 0.29) is 5.91 Å². The lowest BCUT2D eigenvalue weighted by Crippen LogP contribution is -2.25. The Labute approximate surface area is 149 Å². The molecule has 5 nitrogen and oxygen atoms in total. The van der Waals surface area contributed by atoms with Crippen molar-refractivity contribution in [3.05, 3.63) is 46.8 Å². The van der Waals surface area contributed by atoms with Gasteiger partial charge in [0.05, 0.1) is 14.2 Å². The fourth-order valence-electron chi connectivity index (χ4n) is 3.24. The molecule has 0 atom stereocenters. The maximum absolute atomic E-state index is 12.4. The fourth-order valence-corrected chi connectivity index (χ4v) is 3.24. The second-order valence-electron chi connectivity index (χ2n) is 6.47. The minimum Gasteiger partial charge on any atom is -0.497 e. The number of ether oxygens (including phenoxy) is 2. The van der Waals surface area contributed by atoms with Gasteiger partial charge >= 0.3 is 0 Å². The number of rotatable bonds is 7. The number of hydrogen-bond acceptors (Lipinski definition) is 3. The Bertz CT molecular complexity index is 725. The van der Waals surface area contributed by atoms with Crippen LogP contribution < -0.4 is 14.8 Å². The van der Waals surface area contributed by atoms with E-state index in [0.29, 0.717) is 29.6 Å². The molecular weight excluding hydrogens is 316 g/mol. The van der Waals surface area contributed by atoms with E-state index >= 15 is 0 Å². The first-order valence-corrected chi connectivity index (χ1v) is 8.56. The summed E-state index contributed by atoms with van der Waals surface area (Å²) in [7, 11) is 3.14. The highest BCUT2D eigenvalue weighted by Crippen LogP contribution is 2.23. The molecule has 0 aliphatic heterocycles. The van der Waals surface area contributed by atoms with Crippen molar-refractivity contribution in [3.8, 4) is 11.5 Å². The summed E-state index contributed by atoms with van der Waals surface area (Å²) in [5, 5.41) is 2.98. The van der Waals surface area contributed by atoms with Crippen LogP contribution in [0.3, 0.4) is 0 Å². The summed E-state index contributed by atoms with van der Waals surface area (Å²) < 4.78 is 12.7. The zero-order valence-corrected chi connectivity index (χ0v) is 16.0. The molecule has 0 fully saturated rings. The standard InChI is InChI=1S/C20H28N2O3/c1-13(2)22-14(3)9-16(15(22)4)7-8-21-20(23)17-10-18(24-5)12-19(11-17)25-6/h9-13H,7-8H2,1-6H3,(H,21,23). The van der Waals surface area contributed by atoms with Gasteiger partial charge in [-0.1, -0.05) is 0 Å². The van der Waals surface area contributed by atoms with Crippen LogP contribution in [-0.2, 0) is 6.42 Å². The number of hydrogen-bond donors (Lipinski definition) is 1. The Morgan fingerprint density at radius 2 is 1.68 bits per heavy atom. The Kier molecular flexibility index (Phi) is 6.12. The second-order valence-corrected chi connectivity index (χ2v) is 6.47. The zero-order chi connectivity index (χ0) is 18.6. The maximum Gasteiger partial charge on any atom is 0.251 e. The highest BCUT2D eigenvalue weighted by Gasteiger charge is 2.13. The SMILES string of the molecule is COc1cc(OC)cc(C(=O)NCCc2cc(C)n(C(C)C)c2C)c1. The summed E-state index contributed by atoms with van der Waals surface area (Å²) >= 11 is 0. The number of aryl methyl sites for hydroxylation is 1. The van der Waals surface area contributed by atoms with E-state index in [1.165, 1.54) is 17.0 Å². The zero-order valence-electron chi connectivity index (χ0n) is 16.0. The number of nitrogens with one attached hydrogen (secondary N) is 1. The third-order valence-corrected chi connectivity index (χ3v) is 4.40. The van der Waals surface area contributed by atoms with Gasteiger partial charge in [-0.3, -0.25) is 4.79 Å². The predicted molar refractivity (Wildman–Crippen MR) is 99.9 cm³/mol. The van der Waals surface area contributed by atoms with Crippen molar-refractivity contribution in [2.45, 2.75) is 40.2 Å². The van der Waals surface area contributed by atoms with Crippen molar-refractivity contribution in [2.75, 3.05) is 20.8 Å². The Morgan fingerprint density at radius 3 is 2.16 bits per heavy atom. The average molecular weight is 344 g/mol. The van der Waals surface area contributed by atoms with Crippen LogP contribution in [0.2, 0.25) is 0 Å². The molecule has 1 aromatic heterocycles. The van der Waals surface area contributed by atoms with Crippen LogP contribution in [0.4, 0.5) is 0 Å². The molecule has 0 spiro atoms. The van der Waals surface area contributed by atoms with Gasteiger partial charge in [-0.05, 0) is 57.9 Å². The van der Waals surface area contributed by atoms with Crippen molar-refractivity contribution >= 4 is 5.91 Å². The summed E-state index contributed by atoms with van der Waals surface area (Å²) in [5.74, 6) is 1.07. The van der Waals surface area contributed by atoms with E-state index < -0.39 is 0 Å². The van der Waals surface area contributed by atoms with Gasteiger partial charge in [0.2, 0.25) is 0 Å². The van der Waals surface area contributed by atoms with Crippen LogP contribution in [0, 0.1) is 13.8 Å². The molecule has 0 aliphatic carbocycles. The molecule has 0 saturated heterocycles. The lowest BCUT2D eigenvalue weighted by Gasteiger charge is -2.14. The molecule has 1 amide bonds. The van der Waals surface area contributed by atoms with Crippen LogP contribution in [0.25, 0.3) is 0 Å². The first kappa shape index (κ1) is 18.9. The summed E-state index contributed by atoms with van der Waals surface area (Å²) in [6, 6.07) is 7.81. The lowest BCUT2D eigenvalue weighted by atomic mass is 10.1. The summed E-state index contributed by atoms with van der Waals surface area (Å²) in [4.78, 5) is 12.4. The van der Waals surface area contributed by atoms with E-state index in [9.17, 15) is 4.79 Å². The quantitative estimate of drug-likeness (QED) is 0.834. The van der Waals surface area contributed by atoms with Gasteiger partial charge in [0.15, 0.2) is 0 Å². The van der Waals surface area contributed by atoms with Gasteiger partial charge in [0, 0.05) is 35.6 Å². The molecule has 1 N–H and O–H groups in total. The summed E-state index contributed by atoms with van der Waals surface area (Å²) in [5.41, 5.74) is 4.33. The second kappa shape index (κ2) is 8.10. The molecule has 0 bridgehead atoms. The minimum atomic E-state index is -0.130. The van der Waals surface area contributed by atoms with E-state index in [0.717, 1.165) is 6.42 Å². The molecule has 2 aromatic rings. The predicted octanol–water partition coefficient (Wildman–Crippen LogP) is 3.68. The molecule has 0 radical (unpaired) electrons. The van der Waals surface area contributed by atoms with Gasteiger partial charge in [0.1, 0.15) is 11.5 Å². The average Bonchev–Trinajstić information content (AvgIpc) is 2.87. The lowest BCUT2D eigenvalue weighted by molar-refractivity contribution is 0.0953. The van der Waals surface area contributed by atoms with Crippen molar-refractivity contribution in [3.63, 3.8) is 0 Å². The molecule has 0 unspecified atom stereocenters. The summed E-state index contributed by atoms with van der Waals surface area (Å²) in [6.45, 7) is 9.21. The van der Waals surface area contributed by atoms with E-state index in [4.69, 9.17) is 9.47 Å². The van der Waals surface area contributed by atoms with Gasteiger partial charge in [-0.25, -0.2) is 0 Å². The third kappa shape index (κ3) is 4.35. The largest absolute Gasteiger partial charge is 0.497 e. The monoisotopic (exact) mass is 344 g/mol. The highest BCUT2D eigenvalue weighted by molar-refractivity contribution is 5.95. The molecule has 2 rings (SSSR count). The number of amides is 1. The van der Waals surface area contributed by atoms with Crippen molar-refractivity contribution in [2.24, 2.45) is 0 Å². The molecule has 0 aliphatic rings. The molecule has 1 aromatic carbocycles. The molecule has 5 heteroatoms. The van der Waals surface area contributed by atoms with Crippen LogP contribution in [0.15, 0.2) is 24.3 Å². The normalized spacial score (nSPS) is 10.8. The molecule has 136 valence electrons. The number of benzene rings is 1. The Morgan fingerprint density at radius 1 is 1.08 bits per heavy atom. The van der Waals surface area contributed by atoms with Gasteiger partial charge in [-0.15, -0.1) is 0 Å². The highest BCUT2D eigenvalue weighted by atomic mass is 16.5. The van der Waals surface area contributed by atoms with E-state index in [1.54, 1.807) is 32.4 Å². The Hall–Kier alpha value is -2.43. The first-order chi connectivity index (χ1) is 11.9. The minimum absolute atomic E-state index is 0.130. The number of nitrogens with zero attached hydrogens (tertiary/aromatic N) is 1. The number of carbonyl (C=O) groups excluding carboxylic acids is 1. The van der Waals surface area contributed by atoms with Gasteiger partial charge in [0.25, 0.3) is 5.91 Å². The topological polar surface area (TPSA) is 52.5 Å². The molecule has 1 heterocycles. The summed E-state index contributed by atoms with van der Waals surface area (Å²) in [6.07, 6.45) is 0.805. The Balaban J connectivity index is 2.03. The van der Waals surface area contributed by atoms with Gasteiger partial charge in [-0.2, -0.15) is 0 Å². The van der Waals surface area contributed by atoms with Crippen LogP contribution in [-0.4, -0.2) is 31.2 Å².